The van der Waals surface area contributed by atoms with E-state index in [1.807, 2.05) is 11.9 Å². The summed E-state index contributed by atoms with van der Waals surface area (Å²) in [4.78, 5) is 13.2. The van der Waals surface area contributed by atoms with Gasteiger partial charge in [-0.2, -0.15) is 0 Å². The molecule has 0 bridgehead atoms. The molecule has 18 heavy (non-hydrogen) atoms. The largest absolute Gasteiger partial charge is 0.478 e. The zero-order chi connectivity index (χ0) is 13.1. The van der Waals surface area contributed by atoms with Crippen molar-refractivity contribution in [3.05, 3.63) is 23.8 Å². The highest BCUT2D eigenvalue weighted by atomic mass is 16.5. The van der Waals surface area contributed by atoms with Gasteiger partial charge < -0.3 is 20.5 Å². The van der Waals surface area contributed by atoms with Crippen LogP contribution in [0.5, 0.6) is 0 Å². The van der Waals surface area contributed by atoms with Crippen molar-refractivity contribution >= 4 is 17.3 Å². The van der Waals surface area contributed by atoms with E-state index in [0.717, 1.165) is 26.2 Å². The number of hydrogen-bond acceptors (Lipinski definition) is 4. The highest BCUT2D eigenvalue weighted by Gasteiger charge is 2.20. The van der Waals surface area contributed by atoms with E-state index in [-0.39, 0.29) is 5.56 Å². The Hall–Kier alpha value is -1.75. The first-order chi connectivity index (χ1) is 8.58. The van der Waals surface area contributed by atoms with Crippen LogP contribution in [0.4, 0.5) is 11.4 Å². The number of aromatic carboxylic acids is 1. The molecule has 1 aromatic rings. The molecular formula is C13H18N2O3. The smallest absolute Gasteiger partial charge is 0.337 e. The van der Waals surface area contributed by atoms with Crippen LogP contribution in [0, 0.1) is 5.92 Å². The lowest BCUT2D eigenvalue weighted by atomic mass is 10.1. The highest BCUT2D eigenvalue weighted by molar-refractivity contribution is 5.95. The molecule has 0 spiro atoms. The third-order valence-corrected chi connectivity index (χ3v) is 3.22. The van der Waals surface area contributed by atoms with Crippen molar-refractivity contribution in [2.24, 2.45) is 5.92 Å². The molecule has 5 heteroatoms. The quantitative estimate of drug-likeness (QED) is 0.791. The van der Waals surface area contributed by atoms with Gasteiger partial charge in [0.1, 0.15) is 0 Å². The van der Waals surface area contributed by atoms with Gasteiger partial charge in [0, 0.05) is 31.8 Å². The van der Waals surface area contributed by atoms with Crippen LogP contribution in [0.2, 0.25) is 0 Å². The Morgan fingerprint density at radius 1 is 1.61 bits per heavy atom. The van der Waals surface area contributed by atoms with Gasteiger partial charge in [-0.15, -0.1) is 0 Å². The number of anilines is 2. The minimum atomic E-state index is -0.952. The maximum absolute atomic E-state index is 11.2. The minimum Gasteiger partial charge on any atom is -0.478 e. The summed E-state index contributed by atoms with van der Waals surface area (Å²) in [6.07, 6.45) is 1.03. The van der Waals surface area contributed by atoms with E-state index >= 15 is 0 Å². The number of carboxylic acid groups (broad SMARTS) is 1. The average Bonchev–Trinajstić information content (AvgIpc) is 2.81. The number of nitrogens with zero attached hydrogens (tertiary/aromatic N) is 1. The second-order valence-corrected chi connectivity index (χ2v) is 4.69. The Morgan fingerprint density at radius 3 is 3.00 bits per heavy atom. The summed E-state index contributed by atoms with van der Waals surface area (Å²) in [6.45, 7) is 2.35. The van der Waals surface area contributed by atoms with Crippen molar-refractivity contribution in [3.63, 3.8) is 0 Å². The van der Waals surface area contributed by atoms with Crippen LogP contribution in [0.15, 0.2) is 18.2 Å². The summed E-state index contributed by atoms with van der Waals surface area (Å²) in [5.74, 6) is -0.485. The van der Waals surface area contributed by atoms with Gasteiger partial charge in [-0.1, -0.05) is 0 Å². The van der Waals surface area contributed by atoms with E-state index in [2.05, 4.69) is 0 Å². The van der Waals surface area contributed by atoms with Crippen molar-refractivity contribution in [2.75, 3.05) is 37.4 Å². The lowest BCUT2D eigenvalue weighted by Crippen LogP contribution is -2.27. The van der Waals surface area contributed by atoms with Crippen molar-refractivity contribution in [3.8, 4) is 0 Å². The molecule has 5 nitrogen and oxygen atoms in total. The van der Waals surface area contributed by atoms with E-state index in [1.165, 1.54) is 6.07 Å². The zero-order valence-electron chi connectivity index (χ0n) is 10.4. The Morgan fingerprint density at radius 2 is 2.39 bits per heavy atom. The fraction of sp³-hybridized carbons (Fsp3) is 0.462. The zero-order valence-corrected chi connectivity index (χ0v) is 10.4. The van der Waals surface area contributed by atoms with E-state index in [1.54, 1.807) is 12.1 Å². The number of rotatable bonds is 4. The van der Waals surface area contributed by atoms with E-state index < -0.39 is 5.97 Å². The van der Waals surface area contributed by atoms with Gasteiger partial charge in [-0.05, 0) is 24.6 Å². The van der Waals surface area contributed by atoms with Crippen LogP contribution >= 0.6 is 0 Å². The summed E-state index contributed by atoms with van der Waals surface area (Å²) in [5, 5.41) is 9.19. The monoisotopic (exact) mass is 250 g/mol. The van der Waals surface area contributed by atoms with Gasteiger partial charge in [0.2, 0.25) is 0 Å². The maximum atomic E-state index is 11.2. The lowest BCUT2D eigenvalue weighted by molar-refractivity contribution is 0.0697. The lowest BCUT2D eigenvalue weighted by Gasteiger charge is -2.24. The van der Waals surface area contributed by atoms with Crippen molar-refractivity contribution < 1.29 is 14.6 Å². The molecule has 3 N–H and O–H groups in total. The van der Waals surface area contributed by atoms with Crippen LogP contribution in [0.25, 0.3) is 0 Å². The molecule has 2 rings (SSSR count). The van der Waals surface area contributed by atoms with Crippen LogP contribution in [0.3, 0.4) is 0 Å². The topological polar surface area (TPSA) is 75.8 Å². The SMILES string of the molecule is CN(CC1CCOC1)c1ccc(N)cc1C(=O)O. The molecule has 0 aromatic heterocycles. The summed E-state index contributed by atoms with van der Waals surface area (Å²) < 4.78 is 5.33. The normalized spacial score (nSPS) is 18.8. The number of carbonyl (C=O) groups is 1. The molecule has 98 valence electrons. The molecule has 1 aliphatic heterocycles. The van der Waals surface area contributed by atoms with Crippen LogP contribution < -0.4 is 10.6 Å². The van der Waals surface area contributed by atoms with Crippen molar-refractivity contribution in [1.29, 1.82) is 0 Å². The minimum absolute atomic E-state index is 0.247. The molecule has 1 heterocycles. The van der Waals surface area contributed by atoms with Gasteiger partial charge in [-0.25, -0.2) is 4.79 Å². The fourth-order valence-electron chi connectivity index (χ4n) is 2.27. The average molecular weight is 250 g/mol. The summed E-state index contributed by atoms with van der Waals surface area (Å²) in [5.41, 5.74) is 7.04. The van der Waals surface area contributed by atoms with Gasteiger partial charge in [-0.3, -0.25) is 0 Å². The second kappa shape index (κ2) is 5.27. The van der Waals surface area contributed by atoms with Crippen molar-refractivity contribution in [1.82, 2.24) is 0 Å². The van der Waals surface area contributed by atoms with Gasteiger partial charge in [0.25, 0.3) is 0 Å². The third-order valence-electron chi connectivity index (χ3n) is 3.22. The molecule has 1 unspecified atom stereocenters. The molecule has 1 fully saturated rings. The number of benzene rings is 1. The standard InChI is InChI=1S/C13H18N2O3/c1-15(7-9-4-5-18-8-9)12-3-2-10(14)6-11(12)13(16)17/h2-3,6,9H,4-5,7-8,14H2,1H3,(H,16,17). The summed E-state index contributed by atoms with van der Waals surface area (Å²) in [7, 11) is 1.90. The van der Waals surface area contributed by atoms with Crippen LogP contribution in [-0.4, -0.2) is 37.9 Å². The molecule has 1 atom stereocenters. The van der Waals surface area contributed by atoms with Gasteiger partial charge >= 0.3 is 5.97 Å². The first-order valence-electron chi connectivity index (χ1n) is 5.99. The van der Waals surface area contributed by atoms with Gasteiger partial charge in [0.15, 0.2) is 0 Å². The predicted octanol–water partition coefficient (Wildman–Crippen LogP) is 1.44. The number of nitrogens with two attached hydrogens (primary N) is 1. The molecule has 0 amide bonds. The van der Waals surface area contributed by atoms with Crippen molar-refractivity contribution in [2.45, 2.75) is 6.42 Å². The number of nitrogen functional groups attached to an aromatic ring is 1. The number of ether oxygens (including phenoxy) is 1. The van der Waals surface area contributed by atoms with E-state index in [0.29, 0.717) is 17.3 Å². The Bertz CT molecular complexity index is 442. The highest BCUT2D eigenvalue weighted by Crippen LogP contribution is 2.24. The number of carboxylic acids is 1. The second-order valence-electron chi connectivity index (χ2n) is 4.69. The molecular weight excluding hydrogens is 232 g/mol. The fourth-order valence-corrected chi connectivity index (χ4v) is 2.27. The first kappa shape index (κ1) is 12.7. The maximum Gasteiger partial charge on any atom is 0.337 e. The first-order valence-corrected chi connectivity index (χ1v) is 5.99. The predicted molar refractivity (Wildman–Crippen MR) is 70.0 cm³/mol. The third kappa shape index (κ3) is 2.73. The Balaban J connectivity index is 2.17. The van der Waals surface area contributed by atoms with E-state index in [4.69, 9.17) is 10.5 Å². The van der Waals surface area contributed by atoms with Crippen LogP contribution in [-0.2, 0) is 4.74 Å². The molecule has 0 saturated carbocycles. The Kier molecular flexibility index (Phi) is 3.72. The summed E-state index contributed by atoms with van der Waals surface area (Å²) in [6, 6.07) is 4.98. The van der Waals surface area contributed by atoms with E-state index in [9.17, 15) is 9.90 Å². The number of hydrogen-bond donors (Lipinski definition) is 2. The molecule has 1 aliphatic rings. The molecule has 1 saturated heterocycles. The van der Waals surface area contributed by atoms with Gasteiger partial charge in [0.05, 0.1) is 17.9 Å². The Labute approximate surface area is 106 Å². The molecule has 0 radical (unpaired) electrons. The molecule has 1 aromatic carbocycles. The molecule has 0 aliphatic carbocycles. The summed E-state index contributed by atoms with van der Waals surface area (Å²) >= 11 is 0. The van der Waals surface area contributed by atoms with Crippen LogP contribution in [0.1, 0.15) is 16.8 Å².